The van der Waals surface area contributed by atoms with Gasteiger partial charge in [0.25, 0.3) is 0 Å². The van der Waals surface area contributed by atoms with Crippen LogP contribution in [0.4, 0.5) is 11.6 Å². The van der Waals surface area contributed by atoms with E-state index in [4.69, 9.17) is 16.7 Å². The lowest BCUT2D eigenvalue weighted by Crippen LogP contribution is -2.43. The largest absolute Gasteiger partial charge is 0.366 e. The van der Waals surface area contributed by atoms with Crippen molar-refractivity contribution in [1.29, 1.82) is 0 Å². The molecule has 2 aliphatic heterocycles. The van der Waals surface area contributed by atoms with Gasteiger partial charge in [-0.25, -0.2) is 9.67 Å². The summed E-state index contributed by atoms with van der Waals surface area (Å²) in [5, 5.41) is 13.8. The van der Waals surface area contributed by atoms with Crippen LogP contribution in [0.3, 0.4) is 0 Å². The molecule has 0 radical (unpaired) electrons. The van der Waals surface area contributed by atoms with Gasteiger partial charge in [-0.15, -0.1) is 5.10 Å². The number of rotatable bonds is 5. The SMILES string of the molecule is Clc1cccc2c1c(N1C[C@@H]3C[C@H]1CN3)nn2-c1ccnc(NCc2ccccc2)c1. The maximum absolute atomic E-state index is 6.67. The van der Waals surface area contributed by atoms with E-state index in [0.717, 1.165) is 52.9 Å². The molecule has 2 aromatic carbocycles. The molecule has 0 spiro atoms. The van der Waals surface area contributed by atoms with Gasteiger partial charge in [0.1, 0.15) is 5.82 Å². The average Bonchev–Trinajstić information content (AvgIpc) is 3.53. The van der Waals surface area contributed by atoms with E-state index in [1.807, 2.05) is 53.3 Å². The highest BCUT2D eigenvalue weighted by Crippen LogP contribution is 2.38. The molecule has 0 amide bonds. The highest BCUT2D eigenvalue weighted by Gasteiger charge is 2.39. The van der Waals surface area contributed by atoms with Gasteiger partial charge in [0.2, 0.25) is 0 Å². The summed E-state index contributed by atoms with van der Waals surface area (Å²) >= 11 is 6.67. The number of nitrogens with one attached hydrogen (secondary N) is 2. The summed E-state index contributed by atoms with van der Waals surface area (Å²) in [6.07, 6.45) is 2.99. The lowest BCUT2D eigenvalue weighted by Gasteiger charge is -2.27. The second kappa shape index (κ2) is 7.55. The lowest BCUT2D eigenvalue weighted by molar-refractivity contribution is 0.575. The third kappa shape index (κ3) is 3.32. The van der Waals surface area contributed by atoms with Gasteiger partial charge in [-0.1, -0.05) is 48.0 Å². The van der Waals surface area contributed by atoms with Crippen LogP contribution in [0.15, 0.2) is 66.9 Å². The quantitative estimate of drug-likeness (QED) is 0.496. The van der Waals surface area contributed by atoms with Crippen molar-refractivity contribution in [2.75, 3.05) is 23.3 Å². The Bertz CT molecular complexity index is 1240. The van der Waals surface area contributed by atoms with Crippen LogP contribution in [0.5, 0.6) is 0 Å². The molecule has 0 unspecified atom stereocenters. The first kappa shape index (κ1) is 18.7. The molecule has 6 rings (SSSR count). The van der Waals surface area contributed by atoms with E-state index in [-0.39, 0.29) is 0 Å². The van der Waals surface area contributed by atoms with Gasteiger partial charge in [-0.2, -0.15) is 0 Å². The predicted octanol–water partition coefficient (Wildman–Crippen LogP) is 4.24. The van der Waals surface area contributed by atoms with Crippen molar-refractivity contribution in [3.63, 3.8) is 0 Å². The van der Waals surface area contributed by atoms with Gasteiger partial charge < -0.3 is 15.5 Å². The average molecular weight is 431 g/mol. The van der Waals surface area contributed by atoms with Crippen LogP contribution in [-0.2, 0) is 6.54 Å². The van der Waals surface area contributed by atoms with E-state index >= 15 is 0 Å². The minimum absolute atomic E-state index is 0.480. The van der Waals surface area contributed by atoms with E-state index in [9.17, 15) is 0 Å². The third-order valence-corrected chi connectivity index (χ3v) is 6.59. The van der Waals surface area contributed by atoms with Crippen molar-refractivity contribution in [2.24, 2.45) is 0 Å². The standard InChI is InChI=1S/C24H23ClN6/c25-20-7-4-8-21-23(20)24(30-15-17-11-19(30)14-27-17)29-31(21)18-9-10-26-22(12-18)28-13-16-5-2-1-3-6-16/h1-10,12,17,19,27H,11,13-15H2,(H,26,28)/t17-,19-/m0/s1. The number of aromatic nitrogens is 3. The fourth-order valence-corrected chi connectivity index (χ4v) is 5.02. The Kier molecular flexibility index (Phi) is 4.55. The van der Waals surface area contributed by atoms with Gasteiger partial charge in [0, 0.05) is 44.0 Å². The van der Waals surface area contributed by atoms with Crippen LogP contribution in [0.1, 0.15) is 12.0 Å². The second-order valence-electron chi connectivity index (χ2n) is 8.25. The zero-order valence-electron chi connectivity index (χ0n) is 17.0. The molecule has 2 atom stereocenters. The van der Waals surface area contributed by atoms with Crippen molar-refractivity contribution in [1.82, 2.24) is 20.1 Å². The molecule has 2 aromatic heterocycles. The Labute approximate surface area is 185 Å². The molecule has 156 valence electrons. The Morgan fingerprint density at radius 1 is 1.10 bits per heavy atom. The van der Waals surface area contributed by atoms with E-state index in [2.05, 4.69) is 38.7 Å². The third-order valence-electron chi connectivity index (χ3n) is 6.27. The summed E-state index contributed by atoms with van der Waals surface area (Å²) in [6.45, 7) is 2.70. The van der Waals surface area contributed by atoms with Crippen LogP contribution in [-0.4, -0.2) is 39.9 Å². The second-order valence-corrected chi connectivity index (χ2v) is 8.66. The maximum atomic E-state index is 6.67. The van der Waals surface area contributed by atoms with Gasteiger partial charge in [-0.05, 0) is 30.2 Å². The van der Waals surface area contributed by atoms with E-state index in [0.29, 0.717) is 12.1 Å². The van der Waals surface area contributed by atoms with Crippen molar-refractivity contribution in [3.05, 3.63) is 77.4 Å². The first-order valence-corrected chi connectivity index (χ1v) is 11.1. The Morgan fingerprint density at radius 2 is 2.00 bits per heavy atom. The number of nitrogens with zero attached hydrogens (tertiary/aromatic N) is 4. The molecule has 4 heterocycles. The number of hydrogen-bond donors (Lipinski definition) is 2. The minimum Gasteiger partial charge on any atom is -0.366 e. The van der Waals surface area contributed by atoms with Crippen LogP contribution < -0.4 is 15.5 Å². The summed E-state index contributed by atoms with van der Waals surface area (Å²) in [5.74, 6) is 1.79. The molecule has 2 aliphatic rings. The molecule has 31 heavy (non-hydrogen) atoms. The van der Waals surface area contributed by atoms with Crippen molar-refractivity contribution >= 4 is 34.1 Å². The summed E-state index contributed by atoms with van der Waals surface area (Å²) in [6, 6.07) is 21.4. The molecular weight excluding hydrogens is 408 g/mol. The van der Waals surface area contributed by atoms with Gasteiger partial charge in [-0.3, -0.25) is 0 Å². The fourth-order valence-electron chi connectivity index (χ4n) is 4.76. The number of pyridine rings is 1. The first-order valence-electron chi connectivity index (χ1n) is 10.7. The minimum atomic E-state index is 0.480. The highest BCUT2D eigenvalue weighted by molar-refractivity contribution is 6.36. The van der Waals surface area contributed by atoms with Crippen LogP contribution >= 0.6 is 11.6 Å². The Balaban J connectivity index is 1.37. The number of fused-ring (bicyclic) bond motifs is 3. The molecule has 2 N–H and O–H groups in total. The molecule has 0 saturated carbocycles. The normalized spacial score (nSPS) is 20.0. The van der Waals surface area contributed by atoms with Crippen molar-refractivity contribution in [2.45, 2.75) is 25.0 Å². The van der Waals surface area contributed by atoms with Crippen molar-refractivity contribution < 1.29 is 0 Å². The zero-order chi connectivity index (χ0) is 20.8. The lowest BCUT2D eigenvalue weighted by atomic mass is 10.2. The predicted molar refractivity (Wildman–Crippen MR) is 125 cm³/mol. The van der Waals surface area contributed by atoms with Crippen LogP contribution in [0.2, 0.25) is 5.02 Å². The molecule has 6 nitrogen and oxygen atoms in total. The summed E-state index contributed by atoms with van der Waals surface area (Å²) in [7, 11) is 0. The number of piperazine rings is 1. The number of hydrogen-bond acceptors (Lipinski definition) is 5. The maximum Gasteiger partial charge on any atom is 0.160 e. The van der Waals surface area contributed by atoms with Crippen LogP contribution in [0, 0.1) is 0 Å². The van der Waals surface area contributed by atoms with Gasteiger partial charge in [0.05, 0.1) is 21.6 Å². The smallest absolute Gasteiger partial charge is 0.160 e. The van der Waals surface area contributed by atoms with Gasteiger partial charge >= 0.3 is 0 Å². The molecule has 2 saturated heterocycles. The first-order chi connectivity index (χ1) is 15.3. The van der Waals surface area contributed by atoms with Crippen LogP contribution in [0.25, 0.3) is 16.6 Å². The van der Waals surface area contributed by atoms with E-state index < -0.39 is 0 Å². The highest BCUT2D eigenvalue weighted by atomic mass is 35.5. The number of halogens is 1. The number of benzene rings is 2. The Morgan fingerprint density at radius 3 is 2.81 bits per heavy atom. The van der Waals surface area contributed by atoms with E-state index in [1.165, 1.54) is 12.0 Å². The molecule has 7 heteroatoms. The zero-order valence-corrected chi connectivity index (χ0v) is 17.8. The molecule has 2 bridgehead atoms. The summed E-state index contributed by atoms with van der Waals surface area (Å²) in [5.41, 5.74) is 3.19. The van der Waals surface area contributed by atoms with E-state index in [1.54, 1.807) is 0 Å². The molecule has 4 aromatic rings. The Hall–Kier alpha value is -3.09. The molecular formula is C24H23ClN6. The van der Waals surface area contributed by atoms with Gasteiger partial charge in [0.15, 0.2) is 5.82 Å². The summed E-state index contributed by atoms with van der Waals surface area (Å²) in [4.78, 5) is 6.91. The summed E-state index contributed by atoms with van der Waals surface area (Å²) < 4.78 is 1.99. The van der Waals surface area contributed by atoms with Crippen molar-refractivity contribution in [3.8, 4) is 5.69 Å². The number of anilines is 2. The fraction of sp³-hybridized carbons (Fsp3) is 0.250. The topological polar surface area (TPSA) is 58.0 Å². The molecule has 0 aliphatic carbocycles. The molecule has 2 fully saturated rings. The monoisotopic (exact) mass is 430 g/mol.